The predicted molar refractivity (Wildman–Crippen MR) is 90.8 cm³/mol. The van der Waals surface area contributed by atoms with Gasteiger partial charge in [0.25, 0.3) is 0 Å². The maximum atomic E-state index is 6.39. The van der Waals surface area contributed by atoms with Gasteiger partial charge in [-0.2, -0.15) is 0 Å². The van der Waals surface area contributed by atoms with Crippen LogP contribution in [-0.4, -0.2) is 22.7 Å². The standard InChI is InChI=1S/C18H24O3Si/c1-4-19-22(20-5-2)21-18(3,16-12-8-6-9-13-16)17-14-10-7-11-15-17/h6-15,22H,4-5H2,1-3H3. The number of hydrogen-bond donors (Lipinski definition) is 0. The highest BCUT2D eigenvalue weighted by molar-refractivity contribution is 6.36. The van der Waals surface area contributed by atoms with E-state index in [1.165, 1.54) is 0 Å². The van der Waals surface area contributed by atoms with Crippen molar-refractivity contribution in [1.29, 1.82) is 0 Å². The van der Waals surface area contributed by atoms with E-state index in [9.17, 15) is 0 Å². The molecule has 0 amide bonds. The molecule has 2 rings (SSSR count). The van der Waals surface area contributed by atoms with E-state index >= 15 is 0 Å². The molecule has 0 unspecified atom stereocenters. The molecule has 0 saturated heterocycles. The minimum atomic E-state index is -2.20. The fraction of sp³-hybridized carbons (Fsp3) is 0.333. The summed E-state index contributed by atoms with van der Waals surface area (Å²) in [6.45, 7) is 7.19. The molecule has 0 spiro atoms. The molecule has 0 aromatic heterocycles. The Hall–Kier alpha value is -1.46. The molecule has 0 saturated carbocycles. The van der Waals surface area contributed by atoms with Gasteiger partial charge < -0.3 is 13.3 Å². The summed E-state index contributed by atoms with van der Waals surface area (Å²) in [5.41, 5.74) is 1.61. The third kappa shape index (κ3) is 4.05. The van der Waals surface area contributed by atoms with E-state index < -0.39 is 15.1 Å². The molecule has 0 heterocycles. The van der Waals surface area contributed by atoms with Crippen LogP contribution in [-0.2, 0) is 18.9 Å². The van der Waals surface area contributed by atoms with Gasteiger partial charge in [0.2, 0.25) is 0 Å². The van der Waals surface area contributed by atoms with Gasteiger partial charge in [-0.3, -0.25) is 0 Å². The lowest BCUT2D eigenvalue weighted by atomic mass is 9.88. The van der Waals surface area contributed by atoms with E-state index in [0.717, 1.165) is 11.1 Å². The first kappa shape index (κ1) is 16.9. The lowest BCUT2D eigenvalue weighted by Crippen LogP contribution is -2.39. The smallest absolute Gasteiger partial charge is 0.376 e. The zero-order valence-corrected chi connectivity index (χ0v) is 14.6. The van der Waals surface area contributed by atoms with Crippen LogP contribution in [0.5, 0.6) is 0 Å². The molecular weight excluding hydrogens is 292 g/mol. The average molecular weight is 316 g/mol. The van der Waals surface area contributed by atoms with E-state index in [1.807, 2.05) is 50.2 Å². The van der Waals surface area contributed by atoms with Crippen LogP contribution in [0.3, 0.4) is 0 Å². The van der Waals surface area contributed by atoms with Crippen molar-refractivity contribution in [2.75, 3.05) is 13.2 Å². The largest absolute Gasteiger partial charge is 0.485 e. The zero-order chi connectivity index (χ0) is 15.8. The molecule has 0 aliphatic carbocycles. The van der Waals surface area contributed by atoms with Crippen molar-refractivity contribution < 1.29 is 13.3 Å². The van der Waals surface area contributed by atoms with E-state index in [1.54, 1.807) is 0 Å². The van der Waals surface area contributed by atoms with Gasteiger partial charge in [-0.15, -0.1) is 0 Å². The lowest BCUT2D eigenvalue weighted by Gasteiger charge is -2.34. The van der Waals surface area contributed by atoms with Crippen molar-refractivity contribution in [3.8, 4) is 0 Å². The highest BCUT2D eigenvalue weighted by atomic mass is 28.3. The van der Waals surface area contributed by atoms with Crippen LogP contribution in [0.15, 0.2) is 60.7 Å². The average Bonchev–Trinajstić information content (AvgIpc) is 2.57. The Kier molecular flexibility index (Phi) is 6.33. The van der Waals surface area contributed by atoms with Gasteiger partial charge in [-0.05, 0) is 31.9 Å². The van der Waals surface area contributed by atoms with Crippen LogP contribution >= 0.6 is 0 Å². The van der Waals surface area contributed by atoms with Crippen LogP contribution in [0, 0.1) is 0 Å². The highest BCUT2D eigenvalue weighted by Crippen LogP contribution is 2.34. The van der Waals surface area contributed by atoms with Crippen LogP contribution in [0.1, 0.15) is 31.9 Å². The van der Waals surface area contributed by atoms with Gasteiger partial charge in [0.1, 0.15) is 5.60 Å². The third-order valence-electron chi connectivity index (χ3n) is 3.59. The Bertz CT molecular complexity index is 499. The Balaban J connectivity index is 2.37. The second kappa shape index (κ2) is 8.24. The zero-order valence-electron chi connectivity index (χ0n) is 13.5. The molecule has 0 atom stereocenters. The molecule has 0 radical (unpaired) electrons. The molecule has 22 heavy (non-hydrogen) atoms. The third-order valence-corrected chi connectivity index (χ3v) is 5.46. The molecule has 118 valence electrons. The summed E-state index contributed by atoms with van der Waals surface area (Å²) >= 11 is 0. The predicted octanol–water partition coefficient (Wildman–Crippen LogP) is 3.76. The van der Waals surface area contributed by atoms with Crippen LogP contribution in [0.4, 0.5) is 0 Å². The first-order valence-electron chi connectivity index (χ1n) is 7.72. The Morgan fingerprint density at radius 2 is 1.18 bits per heavy atom. The van der Waals surface area contributed by atoms with Crippen molar-refractivity contribution in [2.24, 2.45) is 0 Å². The molecule has 2 aromatic carbocycles. The molecule has 3 nitrogen and oxygen atoms in total. The van der Waals surface area contributed by atoms with Crippen molar-refractivity contribution >= 4 is 9.53 Å². The normalized spacial score (nSPS) is 11.8. The molecule has 0 aliphatic rings. The molecule has 0 bridgehead atoms. The van der Waals surface area contributed by atoms with Gasteiger partial charge >= 0.3 is 9.53 Å². The van der Waals surface area contributed by atoms with E-state index in [4.69, 9.17) is 13.3 Å². The van der Waals surface area contributed by atoms with Gasteiger partial charge in [0, 0.05) is 13.2 Å². The first-order chi connectivity index (χ1) is 10.7. The van der Waals surface area contributed by atoms with Crippen LogP contribution in [0.2, 0.25) is 0 Å². The highest BCUT2D eigenvalue weighted by Gasteiger charge is 2.34. The number of hydrogen-bond acceptors (Lipinski definition) is 3. The summed E-state index contributed by atoms with van der Waals surface area (Å²) in [5.74, 6) is 0. The summed E-state index contributed by atoms with van der Waals surface area (Å²) in [5, 5.41) is 0. The molecule has 4 heteroatoms. The Labute approximate surface area is 134 Å². The summed E-state index contributed by atoms with van der Waals surface area (Å²) in [7, 11) is -2.20. The monoisotopic (exact) mass is 316 g/mol. The van der Waals surface area contributed by atoms with Crippen molar-refractivity contribution in [2.45, 2.75) is 26.4 Å². The van der Waals surface area contributed by atoms with Crippen LogP contribution in [0.25, 0.3) is 0 Å². The first-order valence-corrected chi connectivity index (χ1v) is 9.14. The summed E-state index contributed by atoms with van der Waals surface area (Å²) in [6, 6.07) is 20.4. The topological polar surface area (TPSA) is 27.7 Å². The maximum Gasteiger partial charge on any atom is 0.485 e. The second-order valence-corrected chi connectivity index (χ2v) is 6.56. The number of rotatable bonds is 8. The summed E-state index contributed by atoms with van der Waals surface area (Å²) in [6.07, 6.45) is 0. The minimum absolute atomic E-state index is 0.580. The van der Waals surface area contributed by atoms with E-state index in [0.29, 0.717) is 13.2 Å². The van der Waals surface area contributed by atoms with Crippen molar-refractivity contribution in [1.82, 2.24) is 0 Å². The quantitative estimate of drug-likeness (QED) is 0.694. The molecule has 0 aliphatic heterocycles. The molecular formula is C18H24O3Si. The summed E-state index contributed by atoms with van der Waals surface area (Å²) < 4.78 is 17.8. The lowest BCUT2D eigenvalue weighted by molar-refractivity contribution is 0.0259. The van der Waals surface area contributed by atoms with Gasteiger partial charge in [-0.1, -0.05) is 60.7 Å². The molecule has 2 aromatic rings. The van der Waals surface area contributed by atoms with Gasteiger partial charge in [0.15, 0.2) is 0 Å². The van der Waals surface area contributed by atoms with Gasteiger partial charge in [0.05, 0.1) is 0 Å². The fourth-order valence-electron chi connectivity index (χ4n) is 2.40. The van der Waals surface area contributed by atoms with E-state index in [2.05, 4.69) is 31.2 Å². The maximum absolute atomic E-state index is 6.39. The van der Waals surface area contributed by atoms with Gasteiger partial charge in [-0.25, -0.2) is 0 Å². The van der Waals surface area contributed by atoms with Crippen LogP contribution < -0.4 is 0 Å². The number of benzene rings is 2. The fourth-order valence-corrected chi connectivity index (χ4v) is 3.83. The molecule has 0 N–H and O–H groups in total. The van der Waals surface area contributed by atoms with Crippen molar-refractivity contribution in [3.63, 3.8) is 0 Å². The minimum Gasteiger partial charge on any atom is -0.376 e. The second-order valence-electron chi connectivity index (χ2n) is 5.08. The van der Waals surface area contributed by atoms with Crippen molar-refractivity contribution in [3.05, 3.63) is 71.8 Å². The SMILES string of the molecule is CCO[SiH](OCC)OC(C)(c1ccccc1)c1ccccc1. The molecule has 0 fully saturated rings. The Morgan fingerprint density at radius 3 is 1.55 bits per heavy atom. The Morgan fingerprint density at radius 1 is 0.773 bits per heavy atom. The summed E-state index contributed by atoms with van der Waals surface area (Å²) in [4.78, 5) is 0. The van der Waals surface area contributed by atoms with E-state index in [-0.39, 0.29) is 0 Å².